The fourth-order valence-corrected chi connectivity index (χ4v) is 1.03. The number of aromatic nitrogens is 3. The average Bonchev–Trinajstić information content (AvgIpc) is 2.14. The van der Waals surface area contributed by atoms with Crippen LogP contribution in [0.15, 0.2) is 0 Å². The van der Waals surface area contributed by atoms with Crippen molar-refractivity contribution in [3.8, 4) is 0 Å². The van der Waals surface area contributed by atoms with E-state index in [4.69, 9.17) is 10.5 Å². The summed E-state index contributed by atoms with van der Waals surface area (Å²) in [5.41, 5.74) is 5.49. The molecule has 0 saturated heterocycles. The van der Waals surface area contributed by atoms with E-state index in [-0.39, 0.29) is 17.5 Å². The zero-order valence-electron chi connectivity index (χ0n) is 9.90. The fraction of sp³-hybridized carbons (Fsp3) is 0.700. The lowest BCUT2D eigenvalue weighted by atomic mass is 9.96. The van der Waals surface area contributed by atoms with Crippen LogP contribution in [-0.2, 0) is 10.2 Å². The molecule has 0 aliphatic heterocycles. The van der Waals surface area contributed by atoms with Gasteiger partial charge in [0.1, 0.15) is 11.9 Å². The Hall–Kier alpha value is -1.23. The molecule has 0 aliphatic carbocycles. The van der Waals surface area contributed by atoms with Crippen molar-refractivity contribution in [3.63, 3.8) is 0 Å². The number of hydrogen-bond donors (Lipinski definition) is 1. The molecule has 1 heterocycles. The van der Waals surface area contributed by atoms with Gasteiger partial charge in [-0.25, -0.2) is 4.98 Å². The third-order valence-corrected chi connectivity index (χ3v) is 2.06. The molecule has 1 aromatic rings. The molecule has 0 radical (unpaired) electrons. The summed E-state index contributed by atoms with van der Waals surface area (Å²) in [6.07, 6.45) is -0.170. The third-order valence-electron chi connectivity index (χ3n) is 2.06. The molecule has 5 heteroatoms. The van der Waals surface area contributed by atoms with Crippen LogP contribution in [0.5, 0.6) is 0 Å². The van der Waals surface area contributed by atoms with Crippen molar-refractivity contribution in [3.05, 3.63) is 11.6 Å². The summed E-state index contributed by atoms with van der Waals surface area (Å²) in [5.74, 6) is 1.51. The Morgan fingerprint density at radius 3 is 2.27 bits per heavy atom. The van der Waals surface area contributed by atoms with Crippen molar-refractivity contribution >= 4 is 5.95 Å². The van der Waals surface area contributed by atoms with Gasteiger partial charge in [0.25, 0.3) is 0 Å². The maximum Gasteiger partial charge on any atom is 0.223 e. The highest BCUT2D eigenvalue weighted by atomic mass is 16.5. The van der Waals surface area contributed by atoms with Crippen molar-refractivity contribution in [1.29, 1.82) is 0 Å². The van der Waals surface area contributed by atoms with E-state index in [1.807, 2.05) is 27.7 Å². The Labute approximate surface area is 90.1 Å². The van der Waals surface area contributed by atoms with E-state index < -0.39 is 0 Å². The second kappa shape index (κ2) is 4.10. The van der Waals surface area contributed by atoms with E-state index in [1.54, 1.807) is 7.11 Å². The number of nitrogens with two attached hydrogens (primary N) is 1. The lowest BCUT2D eigenvalue weighted by Gasteiger charge is -2.18. The third kappa shape index (κ3) is 2.86. The number of rotatable bonds is 2. The van der Waals surface area contributed by atoms with Crippen LogP contribution >= 0.6 is 0 Å². The second-order valence-corrected chi connectivity index (χ2v) is 4.50. The highest BCUT2D eigenvalue weighted by molar-refractivity contribution is 5.19. The Morgan fingerprint density at radius 2 is 1.80 bits per heavy atom. The standard InChI is InChI=1S/C10H18N4O/c1-6(15-5)7-12-8(10(2,3)4)14-9(11)13-7/h6H,1-5H3,(H2,11,12,13,14). The molecule has 84 valence electrons. The van der Waals surface area contributed by atoms with E-state index in [0.717, 1.165) is 0 Å². The molecule has 0 aromatic carbocycles. The van der Waals surface area contributed by atoms with Gasteiger partial charge in [0.15, 0.2) is 5.82 Å². The van der Waals surface area contributed by atoms with Crippen molar-refractivity contribution in [2.75, 3.05) is 12.8 Å². The van der Waals surface area contributed by atoms with Gasteiger partial charge >= 0.3 is 0 Å². The molecule has 0 aliphatic rings. The Bertz CT molecular complexity index is 346. The smallest absolute Gasteiger partial charge is 0.223 e. The van der Waals surface area contributed by atoms with Gasteiger partial charge in [-0.2, -0.15) is 9.97 Å². The van der Waals surface area contributed by atoms with Gasteiger partial charge in [-0.15, -0.1) is 0 Å². The van der Waals surface area contributed by atoms with Crippen LogP contribution in [0.1, 0.15) is 45.4 Å². The monoisotopic (exact) mass is 210 g/mol. The first-order valence-corrected chi connectivity index (χ1v) is 4.89. The van der Waals surface area contributed by atoms with E-state index in [2.05, 4.69) is 15.0 Å². The first kappa shape index (κ1) is 11.8. The predicted octanol–water partition coefficient (Wildman–Crippen LogP) is 1.46. The zero-order valence-corrected chi connectivity index (χ0v) is 9.90. The zero-order chi connectivity index (χ0) is 11.6. The van der Waals surface area contributed by atoms with E-state index in [9.17, 15) is 0 Å². The number of ether oxygens (including phenoxy) is 1. The van der Waals surface area contributed by atoms with Crippen LogP contribution in [0.2, 0.25) is 0 Å². The minimum atomic E-state index is -0.170. The average molecular weight is 210 g/mol. The molecule has 0 amide bonds. The molecule has 1 aromatic heterocycles. The molecule has 1 atom stereocenters. The molecule has 0 saturated carbocycles. The van der Waals surface area contributed by atoms with Gasteiger partial charge < -0.3 is 10.5 Å². The minimum absolute atomic E-state index is 0.140. The Kier molecular flexibility index (Phi) is 3.24. The van der Waals surface area contributed by atoms with E-state index in [0.29, 0.717) is 11.6 Å². The number of nitrogen functional groups attached to an aromatic ring is 1. The van der Waals surface area contributed by atoms with Crippen molar-refractivity contribution < 1.29 is 4.74 Å². The number of hydrogen-bond acceptors (Lipinski definition) is 5. The van der Waals surface area contributed by atoms with E-state index >= 15 is 0 Å². The highest BCUT2D eigenvalue weighted by Crippen LogP contribution is 2.20. The first-order chi connectivity index (χ1) is 6.84. The molecule has 5 nitrogen and oxygen atoms in total. The van der Waals surface area contributed by atoms with Crippen LogP contribution in [0, 0.1) is 0 Å². The lowest BCUT2D eigenvalue weighted by Crippen LogP contribution is -2.20. The Morgan fingerprint density at radius 1 is 1.20 bits per heavy atom. The molecule has 0 spiro atoms. The summed E-state index contributed by atoms with van der Waals surface area (Å²) in [4.78, 5) is 12.5. The molecule has 15 heavy (non-hydrogen) atoms. The lowest BCUT2D eigenvalue weighted by molar-refractivity contribution is 0.111. The quantitative estimate of drug-likeness (QED) is 0.799. The summed E-state index contributed by atoms with van der Waals surface area (Å²) < 4.78 is 5.15. The fourth-order valence-electron chi connectivity index (χ4n) is 1.03. The summed E-state index contributed by atoms with van der Waals surface area (Å²) >= 11 is 0. The normalized spacial score (nSPS) is 13.9. The van der Waals surface area contributed by atoms with Crippen molar-refractivity contribution in [2.45, 2.75) is 39.2 Å². The van der Waals surface area contributed by atoms with Gasteiger partial charge in [0.05, 0.1) is 0 Å². The van der Waals surface area contributed by atoms with Gasteiger partial charge in [-0.05, 0) is 6.92 Å². The summed E-state index contributed by atoms with van der Waals surface area (Å²) in [5, 5.41) is 0. The van der Waals surface area contributed by atoms with Crippen molar-refractivity contribution in [2.24, 2.45) is 0 Å². The predicted molar refractivity (Wildman–Crippen MR) is 58.4 cm³/mol. The summed E-state index contributed by atoms with van der Waals surface area (Å²) in [6, 6.07) is 0. The van der Waals surface area contributed by atoms with E-state index in [1.165, 1.54) is 0 Å². The highest BCUT2D eigenvalue weighted by Gasteiger charge is 2.20. The van der Waals surface area contributed by atoms with Crippen molar-refractivity contribution in [1.82, 2.24) is 15.0 Å². The van der Waals surface area contributed by atoms with Gasteiger partial charge in [0, 0.05) is 12.5 Å². The van der Waals surface area contributed by atoms with Crippen LogP contribution in [-0.4, -0.2) is 22.1 Å². The van der Waals surface area contributed by atoms with Gasteiger partial charge in [-0.3, -0.25) is 0 Å². The number of nitrogens with zero attached hydrogens (tertiary/aromatic N) is 3. The minimum Gasteiger partial charge on any atom is -0.374 e. The summed E-state index contributed by atoms with van der Waals surface area (Å²) in [7, 11) is 1.61. The second-order valence-electron chi connectivity index (χ2n) is 4.50. The summed E-state index contributed by atoms with van der Waals surface area (Å²) in [6.45, 7) is 7.97. The van der Waals surface area contributed by atoms with Crippen LogP contribution in [0.3, 0.4) is 0 Å². The largest absolute Gasteiger partial charge is 0.374 e. The molecule has 1 unspecified atom stereocenters. The number of methoxy groups -OCH3 is 1. The SMILES string of the molecule is COC(C)c1nc(N)nc(C(C)(C)C)n1. The van der Waals surface area contributed by atoms with Crippen LogP contribution in [0.4, 0.5) is 5.95 Å². The first-order valence-electron chi connectivity index (χ1n) is 4.89. The molecular weight excluding hydrogens is 192 g/mol. The topological polar surface area (TPSA) is 73.9 Å². The molecular formula is C10H18N4O. The van der Waals surface area contributed by atoms with Crippen LogP contribution < -0.4 is 5.73 Å². The maximum absolute atomic E-state index is 5.63. The molecule has 2 N–H and O–H groups in total. The Balaban J connectivity index is 3.17. The molecule has 0 bridgehead atoms. The van der Waals surface area contributed by atoms with Crippen LogP contribution in [0.25, 0.3) is 0 Å². The molecule has 1 rings (SSSR count). The number of anilines is 1. The van der Waals surface area contributed by atoms with Gasteiger partial charge in [-0.1, -0.05) is 20.8 Å². The maximum atomic E-state index is 5.63. The molecule has 0 fully saturated rings. The van der Waals surface area contributed by atoms with Gasteiger partial charge in [0.2, 0.25) is 5.95 Å².